The molecule has 0 saturated carbocycles. The molecule has 0 saturated heterocycles. The van der Waals surface area contributed by atoms with Crippen molar-refractivity contribution >= 4 is 38.6 Å². The SMILES string of the molecule is O=C(Nc1cccnc1Br)c1cccc2nccnc12. The minimum Gasteiger partial charge on any atom is -0.320 e. The summed E-state index contributed by atoms with van der Waals surface area (Å²) in [4.78, 5) is 24.8. The zero-order chi connectivity index (χ0) is 13.9. The van der Waals surface area contributed by atoms with Crippen molar-refractivity contribution in [1.82, 2.24) is 15.0 Å². The first-order chi connectivity index (χ1) is 9.75. The highest BCUT2D eigenvalue weighted by Gasteiger charge is 2.12. The Balaban J connectivity index is 1.99. The second kappa shape index (κ2) is 5.34. The van der Waals surface area contributed by atoms with E-state index in [-0.39, 0.29) is 5.91 Å². The topological polar surface area (TPSA) is 67.8 Å². The number of carbonyl (C=O) groups excluding carboxylic acids is 1. The molecular weight excluding hydrogens is 320 g/mol. The van der Waals surface area contributed by atoms with Crippen molar-refractivity contribution in [3.8, 4) is 0 Å². The molecule has 0 fully saturated rings. The molecule has 20 heavy (non-hydrogen) atoms. The van der Waals surface area contributed by atoms with Crippen LogP contribution in [0.2, 0.25) is 0 Å². The predicted molar refractivity (Wildman–Crippen MR) is 79.4 cm³/mol. The van der Waals surface area contributed by atoms with E-state index in [2.05, 4.69) is 36.2 Å². The van der Waals surface area contributed by atoms with E-state index in [0.29, 0.717) is 26.9 Å². The quantitative estimate of drug-likeness (QED) is 0.734. The molecule has 2 aromatic heterocycles. The van der Waals surface area contributed by atoms with E-state index in [9.17, 15) is 4.79 Å². The number of hydrogen-bond acceptors (Lipinski definition) is 4. The van der Waals surface area contributed by atoms with Gasteiger partial charge >= 0.3 is 0 Å². The van der Waals surface area contributed by atoms with Gasteiger partial charge in [-0.25, -0.2) is 4.98 Å². The van der Waals surface area contributed by atoms with Crippen molar-refractivity contribution in [2.45, 2.75) is 0 Å². The molecule has 0 unspecified atom stereocenters. The third kappa shape index (κ3) is 2.37. The zero-order valence-electron chi connectivity index (χ0n) is 10.2. The molecule has 0 aliphatic carbocycles. The van der Waals surface area contributed by atoms with Crippen molar-refractivity contribution < 1.29 is 4.79 Å². The molecule has 0 radical (unpaired) electrons. The molecule has 6 heteroatoms. The molecule has 0 aliphatic rings. The molecule has 0 spiro atoms. The standard InChI is InChI=1S/C14H9BrN4O/c15-13-11(5-2-6-18-13)19-14(20)9-3-1-4-10-12(9)17-8-7-16-10/h1-8H,(H,19,20). The van der Waals surface area contributed by atoms with Crippen LogP contribution in [0.25, 0.3) is 11.0 Å². The van der Waals surface area contributed by atoms with Crippen LogP contribution >= 0.6 is 15.9 Å². The number of nitrogens with one attached hydrogen (secondary N) is 1. The molecular formula is C14H9BrN4O. The number of pyridine rings is 1. The minimum atomic E-state index is -0.246. The lowest BCUT2D eigenvalue weighted by Gasteiger charge is -2.07. The van der Waals surface area contributed by atoms with Gasteiger partial charge in [0.1, 0.15) is 10.1 Å². The van der Waals surface area contributed by atoms with Gasteiger partial charge in [0, 0.05) is 18.6 Å². The van der Waals surface area contributed by atoms with Gasteiger partial charge in [0.05, 0.1) is 16.8 Å². The maximum absolute atomic E-state index is 12.4. The van der Waals surface area contributed by atoms with Gasteiger partial charge in [0.2, 0.25) is 0 Å². The van der Waals surface area contributed by atoms with Gasteiger partial charge in [-0.15, -0.1) is 0 Å². The van der Waals surface area contributed by atoms with E-state index in [1.165, 1.54) is 0 Å². The summed E-state index contributed by atoms with van der Waals surface area (Å²) in [6, 6.07) is 8.84. The maximum Gasteiger partial charge on any atom is 0.258 e. The monoisotopic (exact) mass is 328 g/mol. The second-order valence-electron chi connectivity index (χ2n) is 4.03. The van der Waals surface area contributed by atoms with Crippen LogP contribution in [0.15, 0.2) is 53.5 Å². The van der Waals surface area contributed by atoms with Gasteiger partial charge in [-0.1, -0.05) is 6.07 Å². The summed E-state index contributed by atoms with van der Waals surface area (Å²) in [7, 11) is 0. The van der Waals surface area contributed by atoms with Gasteiger partial charge in [-0.05, 0) is 40.2 Å². The van der Waals surface area contributed by atoms with Crippen LogP contribution < -0.4 is 5.32 Å². The molecule has 0 bridgehead atoms. The van der Waals surface area contributed by atoms with Crippen LogP contribution in [0.4, 0.5) is 5.69 Å². The number of benzene rings is 1. The molecule has 1 aromatic carbocycles. The fourth-order valence-electron chi connectivity index (χ4n) is 1.84. The van der Waals surface area contributed by atoms with Gasteiger partial charge in [0.15, 0.2) is 0 Å². The van der Waals surface area contributed by atoms with Crippen LogP contribution in [0.1, 0.15) is 10.4 Å². The van der Waals surface area contributed by atoms with Crippen molar-refractivity contribution in [1.29, 1.82) is 0 Å². The first-order valence-electron chi connectivity index (χ1n) is 5.87. The summed E-state index contributed by atoms with van der Waals surface area (Å²) in [6.45, 7) is 0. The Morgan fingerprint density at radius 3 is 2.70 bits per heavy atom. The molecule has 1 amide bonds. The fourth-order valence-corrected chi connectivity index (χ4v) is 2.19. The summed E-state index contributed by atoms with van der Waals surface area (Å²) in [5.41, 5.74) is 2.35. The average Bonchev–Trinajstić information content (AvgIpc) is 2.49. The third-order valence-electron chi connectivity index (χ3n) is 2.75. The van der Waals surface area contributed by atoms with Gasteiger partial charge in [-0.3, -0.25) is 14.8 Å². The zero-order valence-corrected chi connectivity index (χ0v) is 11.8. The summed E-state index contributed by atoms with van der Waals surface area (Å²) in [6.07, 6.45) is 4.81. The molecule has 0 atom stereocenters. The number of fused-ring (bicyclic) bond motifs is 1. The number of rotatable bonds is 2. The lowest BCUT2D eigenvalue weighted by atomic mass is 10.1. The Kier molecular flexibility index (Phi) is 3.39. The van der Waals surface area contributed by atoms with Crippen LogP contribution in [-0.4, -0.2) is 20.9 Å². The minimum absolute atomic E-state index is 0.246. The Morgan fingerprint density at radius 2 is 1.85 bits per heavy atom. The van der Waals surface area contributed by atoms with E-state index < -0.39 is 0 Å². The Bertz CT molecular complexity index is 785. The Hall–Kier alpha value is -2.34. The lowest BCUT2D eigenvalue weighted by molar-refractivity contribution is 0.102. The largest absolute Gasteiger partial charge is 0.320 e. The predicted octanol–water partition coefficient (Wildman–Crippen LogP) is 3.04. The number of amides is 1. The van der Waals surface area contributed by atoms with E-state index in [1.807, 2.05) is 6.07 Å². The number of hydrogen-bond donors (Lipinski definition) is 1. The number of nitrogens with zero attached hydrogens (tertiary/aromatic N) is 3. The summed E-state index contributed by atoms with van der Waals surface area (Å²) in [5, 5.41) is 2.80. The summed E-state index contributed by atoms with van der Waals surface area (Å²) >= 11 is 3.29. The third-order valence-corrected chi connectivity index (χ3v) is 3.38. The van der Waals surface area contributed by atoms with Crippen molar-refractivity contribution in [2.24, 2.45) is 0 Å². The van der Waals surface area contributed by atoms with Crippen molar-refractivity contribution in [2.75, 3.05) is 5.32 Å². The molecule has 98 valence electrons. The molecule has 1 N–H and O–H groups in total. The fraction of sp³-hybridized carbons (Fsp3) is 0. The van der Waals surface area contributed by atoms with Crippen LogP contribution in [0, 0.1) is 0 Å². The highest BCUT2D eigenvalue weighted by Crippen LogP contribution is 2.21. The Labute approximate surface area is 123 Å². The van der Waals surface area contributed by atoms with E-state index in [0.717, 1.165) is 0 Å². The summed E-state index contributed by atoms with van der Waals surface area (Å²) in [5.74, 6) is -0.246. The van der Waals surface area contributed by atoms with E-state index >= 15 is 0 Å². The van der Waals surface area contributed by atoms with Crippen LogP contribution in [0.5, 0.6) is 0 Å². The number of para-hydroxylation sites is 1. The van der Waals surface area contributed by atoms with Crippen LogP contribution in [-0.2, 0) is 0 Å². The highest BCUT2D eigenvalue weighted by atomic mass is 79.9. The van der Waals surface area contributed by atoms with Gasteiger partial charge in [-0.2, -0.15) is 0 Å². The maximum atomic E-state index is 12.4. The molecule has 0 aliphatic heterocycles. The lowest BCUT2D eigenvalue weighted by Crippen LogP contribution is -2.13. The smallest absolute Gasteiger partial charge is 0.258 e. The molecule has 3 aromatic rings. The van der Waals surface area contributed by atoms with Crippen molar-refractivity contribution in [3.05, 3.63) is 59.1 Å². The van der Waals surface area contributed by atoms with Gasteiger partial charge in [0.25, 0.3) is 5.91 Å². The highest BCUT2D eigenvalue weighted by molar-refractivity contribution is 9.10. The summed E-state index contributed by atoms with van der Waals surface area (Å²) < 4.78 is 0.583. The number of carbonyl (C=O) groups is 1. The first kappa shape index (κ1) is 12.7. The first-order valence-corrected chi connectivity index (χ1v) is 6.66. The number of anilines is 1. The normalized spacial score (nSPS) is 10.4. The number of halogens is 1. The molecule has 5 nitrogen and oxygen atoms in total. The number of aromatic nitrogens is 3. The van der Waals surface area contributed by atoms with Crippen molar-refractivity contribution in [3.63, 3.8) is 0 Å². The van der Waals surface area contributed by atoms with Crippen LogP contribution in [0.3, 0.4) is 0 Å². The molecule has 3 rings (SSSR count). The Morgan fingerprint density at radius 1 is 1.00 bits per heavy atom. The van der Waals surface area contributed by atoms with Gasteiger partial charge < -0.3 is 5.32 Å². The van der Waals surface area contributed by atoms with E-state index in [4.69, 9.17) is 0 Å². The molecule has 2 heterocycles. The average molecular weight is 329 g/mol. The van der Waals surface area contributed by atoms with E-state index in [1.54, 1.807) is 42.9 Å². The second-order valence-corrected chi connectivity index (χ2v) is 4.78.